The fourth-order valence-corrected chi connectivity index (χ4v) is 2.07. The van der Waals surface area contributed by atoms with E-state index in [0.29, 0.717) is 16.3 Å². The molecule has 5 heteroatoms. The largest absolute Gasteiger partial charge is 0.474 e. The third-order valence-corrected chi connectivity index (χ3v) is 3.08. The van der Waals surface area contributed by atoms with Gasteiger partial charge in [-0.3, -0.25) is 10.0 Å². The van der Waals surface area contributed by atoms with Gasteiger partial charge < -0.3 is 4.74 Å². The highest BCUT2D eigenvalue weighted by atomic mass is 35.5. The van der Waals surface area contributed by atoms with Gasteiger partial charge in [0.15, 0.2) is 0 Å². The number of hydrogen-bond donors (Lipinski definition) is 2. The third kappa shape index (κ3) is 3.29. The molecule has 0 aliphatic heterocycles. The topological polar surface area (TPSA) is 58.6 Å². The molecule has 2 aromatic rings. The Morgan fingerprint density at radius 2 is 1.95 bits per heavy atom. The third-order valence-electron chi connectivity index (χ3n) is 2.78. The highest BCUT2D eigenvalue weighted by molar-refractivity contribution is 6.32. The van der Waals surface area contributed by atoms with Crippen LogP contribution in [0, 0.1) is 6.92 Å². The highest BCUT2D eigenvalue weighted by Gasteiger charge is 2.23. The van der Waals surface area contributed by atoms with Gasteiger partial charge in [-0.05, 0) is 24.6 Å². The monoisotopic (exact) mass is 291 g/mol. The number of aryl methyl sites for hydroxylation is 1. The van der Waals surface area contributed by atoms with Crippen molar-refractivity contribution < 1.29 is 14.7 Å². The SMILES string of the molecule is Cc1ccc(OC(C(=O)NO)c2ccccc2)c(Cl)c1. The summed E-state index contributed by atoms with van der Waals surface area (Å²) in [5.74, 6) is -0.275. The predicted molar refractivity (Wildman–Crippen MR) is 75.9 cm³/mol. The lowest BCUT2D eigenvalue weighted by atomic mass is 10.1. The molecule has 0 aliphatic rings. The number of nitrogens with one attached hydrogen (secondary N) is 1. The number of rotatable bonds is 4. The van der Waals surface area contributed by atoms with E-state index in [-0.39, 0.29) is 0 Å². The van der Waals surface area contributed by atoms with Crippen molar-refractivity contribution in [3.8, 4) is 5.75 Å². The van der Waals surface area contributed by atoms with Crippen LogP contribution in [0.2, 0.25) is 5.02 Å². The molecule has 1 unspecified atom stereocenters. The summed E-state index contributed by atoms with van der Waals surface area (Å²) in [6, 6.07) is 14.1. The first kappa shape index (κ1) is 14.4. The zero-order valence-corrected chi connectivity index (χ0v) is 11.6. The minimum absolute atomic E-state index is 0.384. The molecular formula is C15H14ClNO3. The van der Waals surface area contributed by atoms with Crippen LogP contribution in [0.1, 0.15) is 17.2 Å². The van der Waals surface area contributed by atoms with E-state index >= 15 is 0 Å². The van der Waals surface area contributed by atoms with E-state index in [0.717, 1.165) is 5.56 Å². The number of carbonyl (C=O) groups is 1. The zero-order valence-electron chi connectivity index (χ0n) is 10.8. The first-order chi connectivity index (χ1) is 9.61. The van der Waals surface area contributed by atoms with Crippen LogP contribution >= 0.6 is 11.6 Å². The summed E-state index contributed by atoms with van der Waals surface area (Å²) in [7, 11) is 0. The summed E-state index contributed by atoms with van der Waals surface area (Å²) < 4.78 is 5.64. The van der Waals surface area contributed by atoms with Crippen molar-refractivity contribution in [3.63, 3.8) is 0 Å². The van der Waals surface area contributed by atoms with Crippen molar-refractivity contribution in [1.29, 1.82) is 0 Å². The Morgan fingerprint density at radius 1 is 1.25 bits per heavy atom. The van der Waals surface area contributed by atoms with Gasteiger partial charge in [0.1, 0.15) is 5.75 Å². The van der Waals surface area contributed by atoms with Crippen LogP contribution in [-0.2, 0) is 4.79 Å². The number of amides is 1. The van der Waals surface area contributed by atoms with E-state index in [9.17, 15) is 4.79 Å². The molecule has 2 N–H and O–H groups in total. The summed E-state index contributed by atoms with van der Waals surface area (Å²) >= 11 is 6.09. The van der Waals surface area contributed by atoms with Crippen molar-refractivity contribution in [1.82, 2.24) is 5.48 Å². The Hall–Kier alpha value is -2.04. The summed E-state index contributed by atoms with van der Waals surface area (Å²) in [5, 5.41) is 9.26. The Labute approximate surface area is 121 Å². The number of ether oxygens (including phenoxy) is 1. The van der Waals surface area contributed by atoms with Crippen molar-refractivity contribution >= 4 is 17.5 Å². The zero-order chi connectivity index (χ0) is 14.5. The van der Waals surface area contributed by atoms with E-state index in [1.165, 1.54) is 0 Å². The maximum absolute atomic E-state index is 11.8. The first-order valence-electron chi connectivity index (χ1n) is 6.03. The van der Waals surface area contributed by atoms with Crippen molar-refractivity contribution in [2.75, 3.05) is 0 Å². The molecule has 0 spiro atoms. The van der Waals surface area contributed by atoms with Crippen LogP contribution in [0.4, 0.5) is 0 Å². The minimum Gasteiger partial charge on any atom is -0.474 e. The summed E-state index contributed by atoms with van der Waals surface area (Å²) in [4.78, 5) is 11.8. The van der Waals surface area contributed by atoms with Crippen LogP contribution in [-0.4, -0.2) is 11.1 Å². The van der Waals surface area contributed by atoms with Crippen LogP contribution in [0.15, 0.2) is 48.5 Å². The number of hydroxylamine groups is 1. The van der Waals surface area contributed by atoms with E-state index in [1.54, 1.807) is 41.9 Å². The van der Waals surface area contributed by atoms with Gasteiger partial charge in [-0.15, -0.1) is 0 Å². The summed E-state index contributed by atoms with van der Waals surface area (Å²) in [5.41, 5.74) is 3.22. The van der Waals surface area contributed by atoms with Gasteiger partial charge in [0, 0.05) is 5.56 Å². The second-order valence-corrected chi connectivity index (χ2v) is 4.73. The van der Waals surface area contributed by atoms with Gasteiger partial charge in [-0.25, -0.2) is 5.48 Å². The van der Waals surface area contributed by atoms with Gasteiger partial charge in [-0.1, -0.05) is 48.0 Å². The Morgan fingerprint density at radius 3 is 2.55 bits per heavy atom. The van der Waals surface area contributed by atoms with Crippen LogP contribution in [0.25, 0.3) is 0 Å². The summed E-state index contributed by atoms with van der Waals surface area (Å²) in [6.45, 7) is 1.91. The molecule has 4 nitrogen and oxygen atoms in total. The number of halogens is 1. The lowest BCUT2D eigenvalue weighted by Gasteiger charge is -2.18. The molecule has 1 atom stereocenters. The fourth-order valence-electron chi connectivity index (χ4n) is 1.79. The van der Waals surface area contributed by atoms with Gasteiger partial charge in [0.05, 0.1) is 5.02 Å². The molecule has 0 fully saturated rings. The van der Waals surface area contributed by atoms with E-state index < -0.39 is 12.0 Å². The van der Waals surface area contributed by atoms with E-state index in [2.05, 4.69) is 0 Å². The maximum Gasteiger partial charge on any atom is 0.289 e. The standard InChI is InChI=1S/C15H14ClNO3/c1-10-7-8-13(12(16)9-10)20-14(15(18)17-19)11-5-3-2-4-6-11/h2-9,14,19H,1H3,(H,17,18). The molecule has 0 bridgehead atoms. The second kappa shape index (κ2) is 6.41. The van der Waals surface area contributed by atoms with E-state index in [1.807, 2.05) is 19.1 Å². The molecule has 0 heterocycles. The number of benzene rings is 2. The van der Waals surface area contributed by atoms with Crippen molar-refractivity contribution in [2.45, 2.75) is 13.0 Å². The van der Waals surface area contributed by atoms with Crippen molar-refractivity contribution in [2.24, 2.45) is 0 Å². The fraction of sp³-hybridized carbons (Fsp3) is 0.133. The molecular weight excluding hydrogens is 278 g/mol. The minimum atomic E-state index is -0.971. The average Bonchev–Trinajstić information content (AvgIpc) is 2.46. The van der Waals surface area contributed by atoms with Crippen LogP contribution < -0.4 is 10.2 Å². The molecule has 104 valence electrons. The lowest BCUT2D eigenvalue weighted by molar-refractivity contribution is -0.136. The molecule has 0 saturated carbocycles. The number of carbonyl (C=O) groups excluding carboxylic acids is 1. The van der Waals surface area contributed by atoms with Gasteiger partial charge >= 0.3 is 0 Å². The van der Waals surface area contributed by atoms with Crippen molar-refractivity contribution in [3.05, 3.63) is 64.7 Å². The van der Waals surface area contributed by atoms with Gasteiger partial charge in [0.2, 0.25) is 6.10 Å². The lowest BCUT2D eigenvalue weighted by Crippen LogP contribution is -2.30. The molecule has 1 amide bonds. The predicted octanol–water partition coefficient (Wildman–Crippen LogP) is 3.27. The smallest absolute Gasteiger partial charge is 0.289 e. The summed E-state index contributed by atoms with van der Waals surface area (Å²) in [6.07, 6.45) is -0.971. The van der Waals surface area contributed by atoms with Gasteiger partial charge in [-0.2, -0.15) is 0 Å². The Bertz CT molecular complexity index is 601. The number of hydrogen-bond acceptors (Lipinski definition) is 3. The van der Waals surface area contributed by atoms with Gasteiger partial charge in [0.25, 0.3) is 5.91 Å². The molecule has 0 saturated heterocycles. The average molecular weight is 292 g/mol. The Balaban J connectivity index is 2.31. The van der Waals surface area contributed by atoms with E-state index in [4.69, 9.17) is 21.5 Å². The quantitative estimate of drug-likeness (QED) is 0.671. The van der Waals surface area contributed by atoms with Crippen LogP contribution in [0.3, 0.4) is 0 Å². The normalized spacial score (nSPS) is 11.8. The second-order valence-electron chi connectivity index (χ2n) is 4.32. The highest BCUT2D eigenvalue weighted by Crippen LogP contribution is 2.30. The van der Waals surface area contributed by atoms with Crippen LogP contribution in [0.5, 0.6) is 5.75 Å². The first-order valence-corrected chi connectivity index (χ1v) is 6.41. The maximum atomic E-state index is 11.8. The molecule has 0 radical (unpaired) electrons. The molecule has 2 rings (SSSR count). The Kier molecular flexibility index (Phi) is 4.61. The molecule has 2 aromatic carbocycles. The molecule has 0 aliphatic carbocycles. The molecule has 0 aromatic heterocycles. The molecule has 20 heavy (non-hydrogen) atoms.